The summed E-state index contributed by atoms with van der Waals surface area (Å²) in [5.74, 6) is 0.844. The molecule has 0 saturated carbocycles. The zero-order valence-corrected chi connectivity index (χ0v) is 30.8. The number of ether oxygens (including phenoxy) is 1. The highest BCUT2D eigenvalue weighted by Crippen LogP contribution is 2.39. The van der Waals surface area contributed by atoms with Crippen molar-refractivity contribution in [2.75, 3.05) is 40.3 Å². The highest BCUT2D eigenvalue weighted by molar-refractivity contribution is 6.40. The number of pyridine rings is 1. The molecule has 0 bridgehead atoms. The second kappa shape index (κ2) is 15.8. The fourth-order valence-electron chi connectivity index (χ4n) is 6.08. The van der Waals surface area contributed by atoms with Gasteiger partial charge < -0.3 is 20.7 Å². The van der Waals surface area contributed by atoms with Crippen LogP contribution in [0.3, 0.4) is 0 Å². The van der Waals surface area contributed by atoms with E-state index in [4.69, 9.17) is 44.5 Å². The van der Waals surface area contributed by atoms with Gasteiger partial charge in [0.25, 0.3) is 0 Å². The number of carbonyl (C=O) groups is 1. The van der Waals surface area contributed by atoms with Crippen LogP contribution in [0.15, 0.2) is 71.5 Å². The van der Waals surface area contributed by atoms with Crippen LogP contribution in [0.1, 0.15) is 68.0 Å². The Balaban J connectivity index is 1.29. The number of halogens is 2. The van der Waals surface area contributed by atoms with Crippen molar-refractivity contribution in [3.05, 3.63) is 104 Å². The molecular formula is C37H47Cl2N9O2. The maximum Gasteiger partial charge on any atom is 0.320 e. The molecule has 2 atom stereocenters. The smallest absolute Gasteiger partial charge is 0.320 e. The normalized spacial score (nSPS) is 19.1. The van der Waals surface area contributed by atoms with E-state index in [0.717, 1.165) is 49.4 Å². The Kier molecular flexibility index (Phi) is 11.7. The molecule has 6 N–H and O–H groups in total. The summed E-state index contributed by atoms with van der Waals surface area (Å²) < 4.78 is 7.92. The predicted octanol–water partition coefficient (Wildman–Crippen LogP) is 6.07. The number of amides is 2. The number of rotatable bonds is 7. The van der Waals surface area contributed by atoms with E-state index in [0.29, 0.717) is 45.7 Å². The minimum Gasteiger partial charge on any atom is -0.484 e. The van der Waals surface area contributed by atoms with Gasteiger partial charge in [-0.2, -0.15) is 0 Å². The van der Waals surface area contributed by atoms with Crippen molar-refractivity contribution in [1.29, 1.82) is 10.8 Å². The average Bonchev–Trinajstić information content (AvgIpc) is 3.06. The van der Waals surface area contributed by atoms with Gasteiger partial charge in [0.05, 0.1) is 27.8 Å². The van der Waals surface area contributed by atoms with Crippen molar-refractivity contribution in [3.8, 4) is 5.75 Å². The minimum atomic E-state index is -0.377. The van der Waals surface area contributed by atoms with Crippen LogP contribution in [0.4, 0.5) is 4.79 Å². The number of amidine groups is 1. The first-order valence-electron chi connectivity index (χ1n) is 16.8. The number of fused-ring (bicyclic) bond motifs is 1. The van der Waals surface area contributed by atoms with Gasteiger partial charge >= 0.3 is 6.03 Å². The summed E-state index contributed by atoms with van der Waals surface area (Å²) in [6.45, 7) is 10.7. The number of nitrogens with one attached hydrogen (secondary N) is 4. The van der Waals surface area contributed by atoms with Crippen molar-refractivity contribution < 1.29 is 9.53 Å². The topological polar surface area (TPSA) is 148 Å². The number of nitrogens with two attached hydrogens (primary N) is 1. The zero-order valence-electron chi connectivity index (χ0n) is 29.3. The van der Waals surface area contributed by atoms with Crippen LogP contribution >= 0.6 is 23.2 Å². The number of urea groups is 1. The lowest BCUT2D eigenvalue weighted by atomic mass is 9.85. The number of likely N-dealkylation sites (N-methyl/N-ethyl adjacent to an activating group) is 1. The lowest BCUT2D eigenvalue weighted by molar-refractivity contribution is 0.148. The second-order valence-corrected chi connectivity index (χ2v) is 14.7. The van der Waals surface area contributed by atoms with E-state index in [9.17, 15) is 4.79 Å². The molecule has 2 aliphatic rings. The first-order chi connectivity index (χ1) is 23.7. The molecule has 2 amide bonds. The van der Waals surface area contributed by atoms with Crippen LogP contribution < -0.4 is 26.6 Å². The van der Waals surface area contributed by atoms with Crippen LogP contribution in [0.2, 0.25) is 10.0 Å². The molecule has 11 nitrogen and oxygen atoms in total. The highest BCUT2D eigenvalue weighted by atomic mass is 35.5. The van der Waals surface area contributed by atoms with Gasteiger partial charge in [0.2, 0.25) is 0 Å². The van der Waals surface area contributed by atoms with Crippen LogP contribution in [0.5, 0.6) is 5.75 Å². The van der Waals surface area contributed by atoms with Gasteiger partial charge in [-0.1, -0.05) is 68.2 Å². The predicted molar refractivity (Wildman–Crippen MR) is 200 cm³/mol. The molecule has 2 aromatic carbocycles. The Hall–Kier alpha value is -4.16. The monoisotopic (exact) mass is 719 g/mol. The van der Waals surface area contributed by atoms with Crippen molar-refractivity contribution >= 4 is 40.9 Å². The van der Waals surface area contributed by atoms with Crippen molar-refractivity contribution in [2.45, 2.75) is 52.3 Å². The molecule has 1 aliphatic heterocycles. The number of benzene rings is 2. The SMILES string of the molecule is CN=C(C=C(N)C(C)(C)C)NC(=O)N[C@H]1CC[C@@H](Oc2ccc(=N)n(C(=N)c3c(Cl)cc(CN4CCN(C)CC4)cc3Cl)c2)c2ccccc21. The van der Waals surface area contributed by atoms with E-state index in [-0.39, 0.29) is 34.9 Å². The van der Waals surface area contributed by atoms with Gasteiger partial charge in [-0.15, -0.1) is 0 Å². The summed E-state index contributed by atoms with van der Waals surface area (Å²) in [7, 11) is 3.73. The van der Waals surface area contributed by atoms with Crippen molar-refractivity contribution in [3.63, 3.8) is 0 Å². The molecule has 13 heteroatoms. The highest BCUT2D eigenvalue weighted by Gasteiger charge is 2.30. The first kappa shape index (κ1) is 37.1. The number of aromatic nitrogens is 1. The molecule has 1 fully saturated rings. The third-order valence-corrected chi connectivity index (χ3v) is 9.76. The molecule has 0 spiro atoms. The number of hydrogen-bond acceptors (Lipinski definition) is 8. The Morgan fingerprint density at radius 1 is 1.06 bits per heavy atom. The molecule has 1 aromatic heterocycles. The average molecular weight is 721 g/mol. The third-order valence-electron chi connectivity index (χ3n) is 9.16. The largest absolute Gasteiger partial charge is 0.484 e. The summed E-state index contributed by atoms with van der Waals surface area (Å²) in [6.07, 6.45) is 4.25. The van der Waals surface area contributed by atoms with Crippen LogP contribution in [0, 0.1) is 16.2 Å². The Morgan fingerprint density at radius 2 is 1.72 bits per heavy atom. The van der Waals surface area contributed by atoms with Crippen molar-refractivity contribution in [1.82, 2.24) is 25.0 Å². The molecule has 2 heterocycles. The number of nitrogens with zero attached hydrogens (tertiary/aromatic N) is 4. The van der Waals surface area contributed by atoms with E-state index in [1.54, 1.807) is 31.5 Å². The number of aliphatic imine (C=N–C) groups is 1. The lowest BCUT2D eigenvalue weighted by Gasteiger charge is -2.32. The molecule has 266 valence electrons. The van der Waals surface area contributed by atoms with Gasteiger partial charge in [0.15, 0.2) is 0 Å². The number of hydrogen-bond donors (Lipinski definition) is 5. The summed E-state index contributed by atoms with van der Waals surface area (Å²) in [6, 6.07) is 14.3. The Labute approximate surface area is 304 Å². The molecule has 1 aliphatic carbocycles. The second-order valence-electron chi connectivity index (χ2n) is 13.9. The van der Waals surface area contributed by atoms with Gasteiger partial charge in [0, 0.05) is 50.9 Å². The number of piperazine rings is 1. The van der Waals surface area contributed by atoms with E-state index >= 15 is 0 Å². The molecule has 3 aromatic rings. The van der Waals surface area contributed by atoms with Crippen molar-refractivity contribution in [2.24, 2.45) is 16.1 Å². The standard InChI is InChI=1S/C37H47Cl2N9O2/c1-37(2,3)31(40)20-33(43-4)45-36(49)44-29-11-12-30(26-9-7-6-8-25(26)29)50-24-10-13-32(41)48(22-24)35(42)34-27(38)18-23(19-28(34)39)21-47-16-14-46(5)15-17-47/h6-10,13,18-20,22,29-30,41-42H,11-12,14-17,21,40H2,1-5H3,(H2,43,44,45,49)/t29-,30+/m0/s1. The summed E-state index contributed by atoms with van der Waals surface area (Å²) in [5, 5.41) is 24.2. The quantitative estimate of drug-likeness (QED) is 0.149. The van der Waals surface area contributed by atoms with Crippen LogP contribution in [-0.4, -0.2) is 72.3 Å². The Morgan fingerprint density at radius 3 is 2.36 bits per heavy atom. The summed E-state index contributed by atoms with van der Waals surface area (Å²) >= 11 is 13.5. The fourth-order valence-corrected chi connectivity index (χ4v) is 6.79. The third kappa shape index (κ3) is 8.95. The maximum atomic E-state index is 13.0. The molecule has 5 rings (SSSR count). The number of allylic oxidation sites excluding steroid dienone is 1. The Bertz CT molecular complexity index is 1830. The molecule has 1 saturated heterocycles. The minimum absolute atomic E-state index is 0.0185. The van der Waals surface area contributed by atoms with Crippen LogP contribution in [-0.2, 0) is 6.54 Å². The zero-order chi connectivity index (χ0) is 36.2. The van der Waals surface area contributed by atoms with E-state index in [1.807, 2.05) is 57.2 Å². The van der Waals surface area contributed by atoms with E-state index < -0.39 is 0 Å². The van der Waals surface area contributed by atoms with Gasteiger partial charge in [0.1, 0.15) is 29.0 Å². The molecule has 50 heavy (non-hydrogen) atoms. The fraction of sp³-hybridized carbons (Fsp3) is 0.405. The van der Waals surface area contributed by atoms with E-state index in [1.165, 1.54) is 4.57 Å². The summed E-state index contributed by atoms with van der Waals surface area (Å²) in [5.41, 5.74) is 9.87. The summed E-state index contributed by atoms with van der Waals surface area (Å²) in [4.78, 5) is 21.9. The van der Waals surface area contributed by atoms with Gasteiger partial charge in [-0.3, -0.25) is 30.6 Å². The number of carbonyl (C=O) groups excluding carboxylic acids is 1. The maximum absolute atomic E-state index is 13.0. The molecule has 0 unspecified atom stereocenters. The lowest BCUT2D eigenvalue weighted by Crippen LogP contribution is -2.43. The van der Waals surface area contributed by atoms with Crippen LogP contribution in [0.25, 0.3) is 0 Å². The van der Waals surface area contributed by atoms with Gasteiger partial charge in [-0.05, 0) is 66.9 Å². The molecule has 0 radical (unpaired) electrons. The van der Waals surface area contributed by atoms with Gasteiger partial charge in [-0.25, -0.2) is 4.79 Å². The van der Waals surface area contributed by atoms with E-state index in [2.05, 4.69) is 32.5 Å². The first-order valence-corrected chi connectivity index (χ1v) is 17.5. The molecular weight excluding hydrogens is 673 g/mol.